The second-order valence-electron chi connectivity index (χ2n) is 7.58. The number of fused-ring (bicyclic) bond motifs is 1. The zero-order valence-corrected chi connectivity index (χ0v) is 15.8. The summed E-state index contributed by atoms with van der Waals surface area (Å²) in [6.07, 6.45) is 0.429. The van der Waals surface area contributed by atoms with Gasteiger partial charge in [-0.2, -0.15) is 0 Å². The quantitative estimate of drug-likeness (QED) is 0.879. The normalized spacial score (nSPS) is 23.9. The number of hydrogen-bond acceptors (Lipinski definition) is 4. The Labute approximate surface area is 163 Å². The summed E-state index contributed by atoms with van der Waals surface area (Å²) < 4.78 is 11.5. The van der Waals surface area contributed by atoms with Gasteiger partial charge >= 0.3 is 5.97 Å². The van der Waals surface area contributed by atoms with Crippen LogP contribution in [-0.2, 0) is 9.53 Å². The lowest BCUT2D eigenvalue weighted by Gasteiger charge is -2.33. The number of para-hydroxylation sites is 1. The van der Waals surface area contributed by atoms with E-state index in [1.54, 1.807) is 23.1 Å². The number of ether oxygens (including phenoxy) is 2. The van der Waals surface area contributed by atoms with E-state index in [9.17, 15) is 14.7 Å². The molecule has 0 aliphatic carbocycles. The topological polar surface area (TPSA) is 76.1 Å². The highest BCUT2D eigenvalue weighted by atomic mass is 16.5. The number of likely N-dealkylation sites (tertiary alicyclic amines) is 1. The van der Waals surface area contributed by atoms with E-state index < -0.39 is 11.4 Å². The van der Waals surface area contributed by atoms with Crippen molar-refractivity contribution in [1.29, 1.82) is 0 Å². The summed E-state index contributed by atoms with van der Waals surface area (Å²) in [6, 6.07) is 14.7. The predicted molar refractivity (Wildman–Crippen MR) is 103 cm³/mol. The third kappa shape index (κ3) is 3.24. The molecule has 2 aliphatic heterocycles. The maximum Gasteiger partial charge on any atom is 0.311 e. The van der Waals surface area contributed by atoms with E-state index in [1.165, 1.54) is 0 Å². The van der Waals surface area contributed by atoms with E-state index in [-0.39, 0.29) is 18.4 Å². The summed E-state index contributed by atoms with van der Waals surface area (Å²) in [5, 5.41) is 9.83. The average Bonchev–Trinajstić information content (AvgIpc) is 3.09. The van der Waals surface area contributed by atoms with Crippen LogP contribution in [0.3, 0.4) is 0 Å². The first kappa shape index (κ1) is 18.5. The number of carbonyl (C=O) groups excluding carboxylic acids is 1. The minimum absolute atomic E-state index is 0.187. The molecule has 28 heavy (non-hydrogen) atoms. The molecule has 1 N–H and O–H groups in total. The van der Waals surface area contributed by atoms with Gasteiger partial charge in [0.2, 0.25) is 0 Å². The summed E-state index contributed by atoms with van der Waals surface area (Å²) >= 11 is 0. The van der Waals surface area contributed by atoms with Crippen LogP contribution in [0.4, 0.5) is 0 Å². The SMILES string of the molecule is Cc1cccc(Oc2ccccc2C(=O)N2C[C@H]3COCC[C@@]3(C(=O)O)C2)c1. The van der Waals surface area contributed by atoms with Crippen LogP contribution in [-0.4, -0.2) is 48.2 Å². The van der Waals surface area contributed by atoms with Crippen LogP contribution in [0.2, 0.25) is 0 Å². The van der Waals surface area contributed by atoms with Gasteiger partial charge in [0.25, 0.3) is 5.91 Å². The van der Waals surface area contributed by atoms with Gasteiger partial charge in [0, 0.05) is 25.6 Å². The Morgan fingerprint density at radius 2 is 2.04 bits per heavy atom. The van der Waals surface area contributed by atoms with Crippen LogP contribution in [0, 0.1) is 18.3 Å². The van der Waals surface area contributed by atoms with Gasteiger partial charge in [0.05, 0.1) is 17.6 Å². The molecule has 4 rings (SSSR count). The number of carboxylic acid groups (broad SMARTS) is 1. The van der Waals surface area contributed by atoms with Crippen molar-refractivity contribution in [2.45, 2.75) is 13.3 Å². The molecular weight excluding hydrogens is 358 g/mol. The van der Waals surface area contributed by atoms with Gasteiger partial charge in [-0.1, -0.05) is 24.3 Å². The van der Waals surface area contributed by atoms with Crippen LogP contribution in [0.25, 0.3) is 0 Å². The smallest absolute Gasteiger partial charge is 0.311 e. The van der Waals surface area contributed by atoms with Gasteiger partial charge in [-0.05, 0) is 43.2 Å². The zero-order valence-electron chi connectivity index (χ0n) is 15.8. The highest BCUT2D eigenvalue weighted by Gasteiger charge is 2.55. The Kier molecular flexibility index (Phi) is 4.81. The Morgan fingerprint density at radius 1 is 1.21 bits per heavy atom. The number of benzene rings is 2. The summed E-state index contributed by atoms with van der Waals surface area (Å²) in [5.41, 5.74) is 0.581. The Morgan fingerprint density at radius 3 is 2.79 bits per heavy atom. The molecule has 2 fully saturated rings. The van der Waals surface area contributed by atoms with E-state index in [1.807, 2.05) is 37.3 Å². The molecule has 0 saturated carbocycles. The second kappa shape index (κ2) is 7.28. The molecule has 1 amide bonds. The highest BCUT2D eigenvalue weighted by Crippen LogP contribution is 2.43. The van der Waals surface area contributed by atoms with Crippen LogP contribution in [0.1, 0.15) is 22.3 Å². The number of aliphatic carboxylic acids is 1. The molecule has 2 aromatic carbocycles. The lowest BCUT2D eigenvalue weighted by Crippen LogP contribution is -2.45. The highest BCUT2D eigenvalue weighted by molar-refractivity contribution is 5.97. The van der Waals surface area contributed by atoms with Crippen molar-refractivity contribution in [2.24, 2.45) is 11.3 Å². The summed E-state index contributed by atoms with van der Waals surface area (Å²) in [4.78, 5) is 26.9. The van der Waals surface area contributed by atoms with Crippen LogP contribution in [0.15, 0.2) is 48.5 Å². The van der Waals surface area contributed by atoms with Gasteiger partial charge < -0.3 is 19.5 Å². The number of amides is 1. The van der Waals surface area contributed by atoms with E-state index in [0.717, 1.165) is 5.56 Å². The van der Waals surface area contributed by atoms with Gasteiger partial charge in [0.1, 0.15) is 11.5 Å². The number of aryl methyl sites for hydroxylation is 1. The molecule has 2 heterocycles. The van der Waals surface area contributed by atoms with E-state index >= 15 is 0 Å². The number of carbonyl (C=O) groups is 2. The van der Waals surface area contributed by atoms with Crippen LogP contribution < -0.4 is 4.74 Å². The van der Waals surface area contributed by atoms with Crippen molar-refractivity contribution in [3.63, 3.8) is 0 Å². The largest absolute Gasteiger partial charge is 0.481 e. The van der Waals surface area contributed by atoms with Gasteiger partial charge in [-0.15, -0.1) is 0 Å². The average molecular weight is 381 g/mol. The van der Waals surface area contributed by atoms with Crippen LogP contribution in [0.5, 0.6) is 11.5 Å². The van der Waals surface area contributed by atoms with Crippen LogP contribution >= 0.6 is 0 Å². The molecule has 6 nitrogen and oxygen atoms in total. The first-order chi connectivity index (χ1) is 13.5. The van der Waals surface area contributed by atoms with Crippen molar-refractivity contribution in [1.82, 2.24) is 4.90 Å². The molecular formula is C22H23NO5. The van der Waals surface area contributed by atoms with E-state index in [0.29, 0.717) is 43.2 Å². The lowest BCUT2D eigenvalue weighted by molar-refractivity contribution is -0.157. The molecule has 0 bridgehead atoms. The Hall–Kier alpha value is -2.86. The lowest BCUT2D eigenvalue weighted by atomic mass is 9.74. The summed E-state index contributed by atoms with van der Waals surface area (Å²) in [6.45, 7) is 3.34. The molecule has 2 saturated heterocycles. The van der Waals surface area contributed by atoms with Crippen molar-refractivity contribution in [3.8, 4) is 11.5 Å². The first-order valence-electron chi connectivity index (χ1n) is 9.43. The molecule has 0 spiro atoms. The zero-order chi connectivity index (χ0) is 19.7. The van der Waals surface area contributed by atoms with Gasteiger partial charge in [-0.25, -0.2) is 0 Å². The number of rotatable bonds is 4. The van der Waals surface area contributed by atoms with Crippen molar-refractivity contribution >= 4 is 11.9 Å². The number of nitrogens with zero attached hydrogens (tertiary/aromatic N) is 1. The monoisotopic (exact) mass is 381 g/mol. The van der Waals surface area contributed by atoms with Crippen molar-refractivity contribution in [3.05, 3.63) is 59.7 Å². The second-order valence-corrected chi connectivity index (χ2v) is 7.58. The minimum Gasteiger partial charge on any atom is -0.481 e. The summed E-state index contributed by atoms with van der Waals surface area (Å²) in [5.74, 6) is -0.120. The fourth-order valence-corrected chi connectivity index (χ4v) is 4.16. The molecule has 2 aliphatic rings. The molecule has 2 atom stereocenters. The van der Waals surface area contributed by atoms with Gasteiger partial charge in [-0.3, -0.25) is 9.59 Å². The fourth-order valence-electron chi connectivity index (χ4n) is 4.16. The first-order valence-corrected chi connectivity index (χ1v) is 9.43. The fraction of sp³-hybridized carbons (Fsp3) is 0.364. The molecule has 6 heteroatoms. The Bertz CT molecular complexity index is 911. The Balaban J connectivity index is 1.60. The van der Waals surface area contributed by atoms with E-state index in [2.05, 4.69) is 0 Å². The van der Waals surface area contributed by atoms with E-state index in [4.69, 9.17) is 9.47 Å². The maximum atomic E-state index is 13.2. The van der Waals surface area contributed by atoms with Crippen molar-refractivity contribution in [2.75, 3.05) is 26.3 Å². The molecule has 0 radical (unpaired) electrons. The molecule has 0 aromatic heterocycles. The molecule has 2 aromatic rings. The molecule has 0 unspecified atom stereocenters. The summed E-state index contributed by atoms with van der Waals surface area (Å²) in [7, 11) is 0. The third-order valence-corrected chi connectivity index (χ3v) is 5.75. The minimum atomic E-state index is -0.916. The maximum absolute atomic E-state index is 13.2. The predicted octanol–water partition coefficient (Wildman–Crippen LogP) is 3.35. The number of carboxylic acids is 1. The third-order valence-electron chi connectivity index (χ3n) is 5.75. The standard InChI is InChI=1S/C22H23NO5/c1-15-5-4-6-17(11-15)28-19-8-3-2-7-18(19)20(24)23-12-16-13-27-10-9-22(16,14-23)21(25)26/h2-8,11,16H,9-10,12-14H2,1H3,(H,25,26)/t16-,22+/m0/s1. The van der Waals surface area contributed by atoms with Crippen molar-refractivity contribution < 1.29 is 24.2 Å². The molecule has 146 valence electrons. The van der Waals surface area contributed by atoms with Gasteiger partial charge in [0.15, 0.2) is 0 Å². The number of hydrogen-bond donors (Lipinski definition) is 1.